The molecule has 0 radical (unpaired) electrons. The van der Waals surface area contributed by atoms with Gasteiger partial charge < -0.3 is 0 Å². The zero-order valence-corrected chi connectivity index (χ0v) is 18.0. The summed E-state index contributed by atoms with van der Waals surface area (Å²) in [6, 6.07) is 20.2. The van der Waals surface area contributed by atoms with Gasteiger partial charge in [0.2, 0.25) is 5.91 Å². The number of rotatable bonds is 4. The minimum Gasteiger partial charge on any atom is -0.273 e. The zero-order valence-electron chi connectivity index (χ0n) is 18.0. The van der Waals surface area contributed by atoms with Gasteiger partial charge in [-0.05, 0) is 43.2 Å². The fraction of sp³-hybridized carbons (Fsp3) is 0.200. The van der Waals surface area contributed by atoms with Crippen LogP contribution in [-0.4, -0.2) is 22.8 Å². The molecular weight excluding hydrogens is 422 g/mol. The molecule has 2 aliphatic rings. The van der Waals surface area contributed by atoms with Crippen molar-refractivity contribution in [3.05, 3.63) is 99.6 Å². The fourth-order valence-corrected chi connectivity index (χ4v) is 4.51. The largest absolute Gasteiger partial charge is 0.273 e. The number of hydrogen-bond acceptors (Lipinski definition) is 6. The highest BCUT2D eigenvalue weighted by Gasteiger charge is 2.60. The van der Waals surface area contributed by atoms with Crippen molar-refractivity contribution in [2.45, 2.75) is 26.0 Å². The molecule has 3 aromatic rings. The van der Waals surface area contributed by atoms with Crippen LogP contribution in [-0.2, 0) is 14.4 Å². The van der Waals surface area contributed by atoms with Crippen LogP contribution in [0.2, 0.25) is 0 Å². The first kappa shape index (κ1) is 20.8. The van der Waals surface area contributed by atoms with Crippen molar-refractivity contribution in [3.8, 4) is 0 Å². The molecule has 8 heteroatoms. The number of benzene rings is 3. The van der Waals surface area contributed by atoms with Crippen molar-refractivity contribution >= 4 is 28.9 Å². The summed E-state index contributed by atoms with van der Waals surface area (Å²) in [5.74, 6) is -1.59. The van der Waals surface area contributed by atoms with E-state index in [0.29, 0.717) is 11.4 Å². The van der Waals surface area contributed by atoms with Crippen molar-refractivity contribution < 1.29 is 19.3 Å². The van der Waals surface area contributed by atoms with Crippen LogP contribution in [0.15, 0.2) is 72.8 Å². The van der Waals surface area contributed by atoms with E-state index in [1.54, 1.807) is 30.3 Å². The molecule has 2 heterocycles. The summed E-state index contributed by atoms with van der Waals surface area (Å²) in [6.45, 7) is 3.85. The van der Waals surface area contributed by atoms with Gasteiger partial charge >= 0.3 is 0 Å². The number of nitrogens with zero attached hydrogens (tertiary/aromatic N) is 3. The first-order valence-electron chi connectivity index (χ1n) is 10.6. The van der Waals surface area contributed by atoms with E-state index in [2.05, 4.69) is 0 Å². The first-order chi connectivity index (χ1) is 15.8. The second-order valence-corrected chi connectivity index (χ2v) is 8.36. The van der Waals surface area contributed by atoms with Crippen LogP contribution in [0.3, 0.4) is 0 Å². The van der Waals surface area contributed by atoms with Crippen molar-refractivity contribution in [1.29, 1.82) is 0 Å². The third-order valence-electron chi connectivity index (χ3n) is 6.09. The van der Waals surface area contributed by atoms with Gasteiger partial charge in [-0.1, -0.05) is 48.0 Å². The Bertz CT molecular complexity index is 1270. The fourth-order valence-electron chi connectivity index (χ4n) is 4.51. The molecule has 3 atom stereocenters. The maximum atomic E-state index is 13.6. The lowest BCUT2D eigenvalue weighted by atomic mass is 9.90. The lowest BCUT2D eigenvalue weighted by Gasteiger charge is -2.28. The average Bonchev–Trinajstić information content (AvgIpc) is 3.30. The lowest BCUT2D eigenvalue weighted by molar-refractivity contribution is -0.384. The van der Waals surface area contributed by atoms with Crippen LogP contribution in [0.4, 0.5) is 17.1 Å². The molecule has 0 N–H and O–H groups in total. The molecule has 0 bridgehead atoms. The number of amides is 2. The third kappa shape index (κ3) is 3.44. The van der Waals surface area contributed by atoms with Gasteiger partial charge in [0.25, 0.3) is 11.6 Å². The van der Waals surface area contributed by atoms with Crippen molar-refractivity contribution in [2.75, 3.05) is 9.96 Å². The molecule has 5 rings (SSSR count). The van der Waals surface area contributed by atoms with Crippen LogP contribution < -0.4 is 9.96 Å². The number of imide groups is 1. The van der Waals surface area contributed by atoms with Crippen molar-refractivity contribution in [3.63, 3.8) is 0 Å². The maximum Gasteiger partial charge on any atom is 0.271 e. The molecule has 3 aromatic carbocycles. The average molecular weight is 443 g/mol. The molecule has 0 spiro atoms. The molecule has 166 valence electrons. The number of fused-ring (bicyclic) bond motifs is 1. The highest BCUT2D eigenvalue weighted by Crippen LogP contribution is 2.48. The van der Waals surface area contributed by atoms with Crippen molar-refractivity contribution in [1.82, 2.24) is 0 Å². The topological polar surface area (TPSA) is 93.0 Å². The molecule has 0 saturated carbocycles. The normalized spacial score (nSPS) is 22.1. The number of hydroxylamine groups is 1. The molecule has 0 unspecified atom stereocenters. The summed E-state index contributed by atoms with van der Waals surface area (Å²) < 4.78 is 0. The SMILES string of the molecule is Cc1ccc([C@@H]2[C@H]3C(=O)N(c4cccc(C)c4)C(=O)[C@H]3ON2c2cccc([N+](=O)[O-])c2)cc1. The smallest absolute Gasteiger partial charge is 0.271 e. The standard InChI is InChI=1S/C25H21N3O5/c1-15-9-11-17(12-10-15)22-21-23(33-27(22)19-7-4-8-20(14-19)28(31)32)25(30)26(24(21)29)18-6-3-5-16(2)13-18/h3-14,21-23H,1-2H3/t21-,22-,23+/m1/s1. The number of carbonyl (C=O) groups excluding carboxylic acids is 2. The quantitative estimate of drug-likeness (QED) is 0.340. The van der Waals surface area contributed by atoms with E-state index < -0.39 is 28.9 Å². The van der Waals surface area contributed by atoms with E-state index in [-0.39, 0.29) is 11.6 Å². The van der Waals surface area contributed by atoms with Gasteiger partial charge in [-0.15, -0.1) is 0 Å². The maximum absolute atomic E-state index is 13.6. The number of non-ortho nitro benzene ring substituents is 1. The second kappa shape index (κ2) is 7.83. The molecule has 2 saturated heterocycles. The Morgan fingerprint density at radius 2 is 1.55 bits per heavy atom. The lowest BCUT2D eigenvalue weighted by Crippen LogP contribution is -2.37. The molecular formula is C25H21N3O5. The number of nitro groups is 1. The van der Waals surface area contributed by atoms with E-state index in [4.69, 9.17) is 4.84 Å². The van der Waals surface area contributed by atoms with Crippen molar-refractivity contribution in [2.24, 2.45) is 5.92 Å². The van der Waals surface area contributed by atoms with E-state index in [0.717, 1.165) is 16.7 Å². The Morgan fingerprint density at radius 3 is 2.24 bits per heavy atom. The third-order valence-corrected chi connectivity index (χ3v) is 6.09. The Kier molecular flexibility index (Phi) is 4.94. The van der Waals surface area contributed by atoms with Crippen LogP contribution in [0.1, 0.15) is 22.7 Å². The number of aryl methyl sites for hydroxylation is 2. The van der Waals surface area contributed by atoms with Gasteiger partial charge in [0, 0.05) is 12.1 Å². The van der Waals surface area contributed by atoms with Gasteiger partial charge in [-0.2, -0.15) is 0 Å². The second-order valence-electron chi connectivity index (χ2n) is 8.36. The Morgan fingerprint density at radius 1 is 0.848 bits per heavy atom. The van der Waals surface area contributed by atoms with Crippen LogP contribution in [0.5, 0.6) is 0 Å². The van der Waals surface area contributed by atoms with Gasteiger partial charge in [0.1, 0.15) is 5.92 Å². The summed E-state index contributed by atoms with van der Waals surface area (Å²) in [5, 5.41) is 12.8. The molecule has 2 aliphatic heterocycles. The Labute approximate surface area is 190 Å². The van der Waals surface area contributed by atoms with Gasteiger partial charge in [0.15, 0.2) is 6.10 Å². The number of nitro benzene ring substituents is 1. The molecule has 0 aromatic heterocycles. The summed E-state index contributed by atoms with van der Waals surface area (Å²) in [7, 11) is 0. The van der Waals surface area contributed by atoms with Gasteiger partial charge in [-0.25, -0.2) is 9.96 Å². The zero-order chi connectivity index (χ0) is 23.3. The molecule has 0 aliphatic carbocycles. The van der Waals surface area contributed by atoms with Crippen LogP contribution in [0.25, 0.3) is 0 Å². The highest BCUT2D eigenvalue weighted by atomic mass is 16.7. The number of carbonyl (C=O) groups is 2. The predicted octanol–water partition coefficient (Wildman–Crippen LogP) is 4.26. The molecule has 8 nitrogen and oxygen atoms in total. The van der Waals surface area contributed by atoms with E-state index >= 15 is 0 Å². The summed E-state index contributed by atoms with van der Waals surface area (Å²) >= 11 is 0. The van der Waals surface area contributed by atoms with E-state index in [1.165, 1.54) is 22.1 Å². The first-order valence-corrected chi connectivity index (χ1v) is 10.6. The van der Waals surface area contributed by atoms with Gasteiger partial charge in [-0.3, -0.25) is 24.5 Å². The Hall–Kier alpha value is -4.04. The number of anilines is 2. The molecule has 2 amide bonds. The van der Waals surface area contributed by atoms with Crippen LogP contribution >= 0.6 is 0 Å². The van der Waals surface area contributed by atoms with Gasteiger partial charge in [0.05, 0.1) is 22.3 Å². The molecule has 2 fully saturated rings. The molecule has 33 heavy (non-hydrogen) atoms. The Balaban J connectivity index is 1.60. The summed E-state index contributed by atoms with van der Waals surface area (Å²) in [4.78, 5) is 45.0. The minimum atomic E-state index is -1.02. The van der Waals surface area contributed by atoms with E-state index in [1.807, 2.05) is 44.2 Å². The predicted molar refractivity (Wildman–Crippen MR) is 122 cm³/mol. The monoisotopic (exact) mass is 443 g/mol. The van der Waals surface area contributed by atoms with E-state index in [9.17, 15) is 19.7 Å². The number of hydrogen-bond donors (Lipinski definition) is 0. The summed E-state index contributed by atoms with van der Waals surface area (Å²) in [5.41, 5.74) is 3.58. The summed E-state index contributed by atoms with van der Waals surface area (Å²) in [6.07, 6.45) is -1.02. The minimum absolute atomic E-state index is 0.102. The highest BCUT2D eigenvalue weighted by molar-refractivity contribution is 6.24. The van der Waals surface area contributed by atoms with Crippen LogP contribution in [0, 0.1) is 29.9 Å².